The van der Waals surface area contributed by atoms with Crippen LogP contribution >= 0.6 is 15.9 Å². The number of rotatable bonds is 6. The van der Waals surface area contributed by atoms with Crippen LogP contribution in [0.3, 0.4) is 0 Å². The number of fused-ring (bicyclic) bond motifs is 1. The number of H-pyrrole nitrogens is 1. The van der Waals surface area contributed by atoms with Gasteiger partial charge in [0.25, 0.3) is 5.91 Å². The summed E-state index contributed by atoms with van der Waals surface area (Å²) in [4.78, 5) is 16.4. The Morgan fingerprint density at radius 1 is 1.21 bits per heavy atom. The molecule has 1 aliphatic rings. The van der Waals surface area contributed by atoms with E-state index in [1.807, 2.05) is 55.5 Å². The van der Waals surface area contributed by atoms with Crippen molar-refractivity contribution >= 4 is 39.0 Å². The first-order chi connectivity index (χ1) is 16.3. The van der Waals surface area contributed by atoms with Crippen molar-refractivity contribution in [1.82, 2.24) is 10.4 Å². The molecule has 1 heterocycles. The maximum Gasteiger partial charge on any atom is 0.288 e. The van der Waals surface area contributed by atoms with Crippen LogP contribution in [0.25, 0.3) is 22.0 Å². The number of allylic oxidation sites excluding steroid dienone is 4. The van der Waals surface area contributed by atoms with Gasteiger partial charge in [0.15, 0.2) is 0 Å². The number of benzene rings is 2. The van der Waals surface area contributed by atoms with Crippen LogP contribution in [0.15, 0.2) is 80.9 Å². The molecule has 1 amide bonds. The van der Waals surface area contributed by atoms with Crippen LogP contribution in [0.1, 0.15) is 63.9 Å². The zero-order valence-corrected chi connectivity index (χ0v) is 21.9. The summed E-state index contributed by atoms with van der Waals surface area (Å²) in [5.74, 6) is -0.262. The maximum absolute atomic E-state index is 13.1. The molecule has 176 valence electrons. The largest absolute Gasteiger partial charge is 0.350 e. The van der Waals surface area contributed by atoms with E-state index in [0.717, 1.165) is 38.5 Å². The average Bonchev–Trinajstić information content (AvgIpc) is 3.17. The Kier molecular flexibility index (Phi) is 7.22. The van der Waals surface area contributed by atoms with Gasteiger partial charge >= 0.3 is 0 Å². The third-order valence-corrected chi connectivity index (χ3v) is 7.29. The van der Waals surface area contributed by atoms with E-state index in [0.29, 0.717) is 5.69 Å². The van der Waals surface area contributed by atoms with Crippen LogP contribution in [-0.4, -0.2) is 17.1 Å². The van der Waals surface area contributed by atoms with Crippen LogP contribution in [0, 0.1) is 5.41 Å². The van der Waals surface area contributed by atoms with Crippen molar-refractivity contribution in [2.24, 2.45) is 10.5 Å². The van der Waals surface area contributed by atoms with E-state index in [2.05, 4.69) is 58.3 Å². The van der Waals surface area contributed by atoms with E-state index >= 15 is 0 Å². The van der Waals surface area contributed by atoms with Gasteiger partial charge in [0.05, 0.1) is 0 Å². The van der Waals surface area contributed by atoms with Gasteiger partial charge in [-0.15, -0.1) is 0 Å². The monoisotopic (exact) mass is 517 g/mol. The minimum absolute atomic E-state index is 0.253. The van der Waals surface area contributed by atoms with Crippen LogP contribution < -0.4 is 5.43 Å². The van der Waals surface area contributed by atoms with Gasteiger partial charge in [0.2, 0.25) is 0 Å². The molecule has 3 aromatic rings. The second-order valence-electron chi connectivity index (χ2n) is 9.78. The normalized spacial score (nSPS) is 16.4. The molecule has 0 spiro atoms. The molecule has 0 saturated carbocycles. The highest BCUT2D eigenvalue weighted by molar-refractivity contribution is 9.10. The molecule has 4 nitrogen and oxygen atoms in total. The SMILES string of the molecule is CC1=C(C/C=C(C)/C=N/NC(=O)c2[nH]c3ccc(Br)cc3c2-c2ccccc2)C(C)(C)CCC1. The van der Waals surface area contributed by atoms with Crippen molar-refractivity contribution in [1.29, 1.82) is 0 Å². The standard InChI is InChI=1S/C29H32BrN3O/c1-19(12-14-24-20(2)9-8-16-29(24,3)4)18-31-33-28(34)27-26(21-10-6-5-7-11-21)23-17-22(30)13-15-25(23)32-27/h5-7,10-13,15,17-18,32H,8-9,14,16H2,1-4H3,(H,33,34)/b19-12+,31-18+. The first-order valence-electron chi connectivity index (χ1n) is 11.8. The van der Waals surface area contributed by atoms with Gasteiger partial charge in [0.1, 0.15) is 5.69 Å². The minimum atomic E-state index is -0.262. The number of halogens is 1. The van der Waals surface area contributed by atoms with E-state index in [-0.39, 0.29) is 11.3 Å². The molecule has 0 fully saturated rings. The minimum Gasteiger partial charge on any atom is -0.350 e. The highest BCUT2D eigenvalue weighted by Crippen LogP contribution is 2.42. The quantitative estimate of drug-likeness (QED) is 0.193. The molecular weight excluding hydrogens is 486 g/mol. The molecule has 0 saturated heterocycles. The molecule has 2 N–H and O–H groups in total. The van der Waals surface area contributed by atoms with Gasteiger partial charge in [-0.3, -0.25) is 4.79 Å². The second-order valence-corrected chi connectivity index (χ2v) is 10.7. The molecule has 5 heteroatoms. The van der Waals surface area contributed by atoms with Gasteiger partial charge in [-0.25, -0.2) is 5.43 Å². The number of hydrogen-bond acceptors (Lipinski definition) is 2. The van der Waals surface area contributed by atoms with Gasteiger partial charge < -0.3 is 4.98 Å². The van der Waals surface area contributed by atoms with Crippen LogP contribution in [0.2, 0.25) is 0 Å². The summed E-state index contributed by atoms with van der Waals surface area (Å²) in [5.41, 5.74) is 10.3. The molecule has 2 aromatic carbocycles. The van der Waals surface area contributed by atoms with Gasteiger partial charge in [-0.05, 0) is 74.3 Å². The van der Waals surface area contributed by atoms with E-state index in [9.17, 15) is 4.79 Å². The number of nitrogens with one attached hydrogen (secondary N) is 2. The van der Waals surface area contributed by atoms with E-state index in [4.69, 9.17) is 0 Å². The lowest BCUT2D eigenvalue weighted by Crippen LogP contribution is -2.20. The summed E-state index contributed by atoms with van der Waals surface area (Å²) in [6, 6.07) is 15.9. The van der Waals surface area contributed by atoms with Crippen molar-refractivity contribution in [3.8, 4) is 11.1 Å². The molecule has 4 rings (SSSR count). The topological polar surface area (TPSA) is 57.2 Å². The fourth-order valence-electron chi connectivity index (χ4n) is 4.93. The third kappa shape index (κ3) is 5.25. The molecule has 0 atom stereocenters. The Hall–Kier alpha value is -2.92. The number of aromatic nitrogens is 1. The van der Waals surface area contributed by atoms with Crippen molar-refractivity contribution in [3.05, 3.63) is 81.5 Å². The molecule has 1 aliphatic carbocycles. The number of aromatic amines is 1. The number of nitrogens with zero attached hydrogens (tertiary/aromatic N) is 1. The van der Waals surface area contributed by atoms with Gasteiger partial charge in [0, 0.05) is 27.2 Å². The molecule has 0 unspecified atom stereocenters. The van der Waals surface area contributed by atoms with E-state index in [1.165, 1.54) is 30.4 Å². The molecule has 34 heavy (non-hydrogen) atoms. The summed E-state index contributed by atoms with van der Waals surface area (Å²) in [5, 5.41) is 5.24. The Labute approximate surface area is 210 Å². The summed E-state index contributed by atoms with van der Waals surface area (Å²) in [6.45, 7) is 8.96. The average molecular weight is 518 g/mol. The van der Waals surface area contributed by atoms with Gasteiger partial charge in [-0.1, -0.05) is 77.3 Å². The predicted molar refractivity (Wildman–Crippen MR) is 146 cm³/mol. The van der Waals surface area contributed by atoms with Crippen LogP contribution in [-0.2, 0) is 0 Å². The Balaban J connectivity index is 1.53. The second kappa shape index (κ2) is 10.1. The van der Waals surface area contributed by atoms with Crippen molar-refractivity contribution in [2.75, 3.05) is 0 Å². The number of carbonyl (C=O) groups is 1. The zero-order valence-electron chi connectivity index (χ0n) is 20.3. The molecular formula is C29H32BrN3O. The fraction of sp³-hybridized carbons (Fsp3) is 0.310. The van der Waals surface area contributed by atoms with Gasteiger partial charge in [-0.2, -0.15) is 5.10 Å². The Morgan fingerprint density at radius 2 is 1.97 bits per heavy atom. The summed E-state index contributed by atoms with van der Waals surface area (Å²) in [6.07, 6.45) is 8.57. The van der Waals surface area contributed by atoms with Crippen molar-refractivity contribution in [2.45, 2.75) is 53.4 Å². The Morgan fingerprint density at radius 3 is 2.71 bits per heavy atom. The Bertz CT molecular complexity index is 1300. The lowest BCUT2D eigenvalue weighted by molar-refractivity contribution is 0.0951. The molecule has 0 radical (unpaired) electrons. The fourth-order valence-corrected chi connectivity index (χ4v) is 5.29. The highest BCUT2D eigenvalue weighted by Gasteiger charge is 2.27. The number of hydrazone groups is 1. The van der Waals surface area contributed by atoms with E-state index < -0.39 is 0 Å². The van der Waals surface area contributed by atoms with E-state index in [1.54, 1.807) is 6.21 Å². The first kappa shape index (κ1) is 24.2. The number of carbonyl (C=O) groups excluding carboxylic acids is 1. The highest BCUT2D eigenvalue weighted by atomic mass is 79.9. The lowest BCUT2D eigenvalue weighted by Gasteiger charge is -2.34. The lowest BCUT2D eigenvalue weighted by atomic mass is 9.71. The molecule has 1 aromatic heterocycles. The zero-order chi connectivity index (χ0) is 24.3. The third-order valence-electron chi connectivity index (χ3n) is 6.80. The van der Waals surface area contributed by atoms with Crippen molar-refractivity contribution < 1.29 is 4.79 Å². The summed E-state index contributed by atoms with van der Waals surface area (Å²) < 4.78 is 0.966. The maximum atomic E-state index is 13.1. The van der Waals surface area contributed by atoms with Crippen LogP contribution in [0.5, 0.6) is 0 Å². The number of amides is 1. The molecule has 0 bridgehead atoms. The predicted octanol–water partition coefficient (Wildman–Crippen LogP) is 8.18. The van der Waals surface area contributed by atoms with Crippen molar-refractivity contribution in [3.63, 3.8) is 0 Å². The summed E-state index contributed by atoms with van der Waals surface area (Å²) in [7, 11) is 0. The molecule has 0 aliphatic heterocycles. The van der Waals surface area contributed by atoms with Crippen LogP contribution in [0.4, 0.5) is 0 Å². The summed E-state index contributed by atoms with van der Waals surface area (Å²) >= 11 is 3.55. The number of hydrogen-bond donors (Lipinski definition) is 2. The first-order valence-corrected chi connectivity index (χ1v) is 12.6. The smallest absolute Gasteiger partial charge is 0.288 e.